The summed E-state index contributed by atoms with van der Waals surface area (Å²) in [6.45, 7) is 2.61. The molecule has 6 heteroatoms. The second-order valence-electron chi connectivity index (χ2n) is 6.92. The lowest BCUT2D eigenvalue weighted by molar-refractivity contribution is 0.102. The summed E-state index contributed by atoms with van der Waals surface area (Å²) < 4.78 is 0. The highest BCUT2D eigenvalue weighted by Gasteiger charge is 2.25. The summed E-state index contributed by atoms with van der Waals surface area (Å²) in [6.07, 6.45) is 2.79. The maximum absolute atomic E-state index is 12.8. The van der Waals surface area contributed by atoms with E-state index in [1.807, 2.05) is 36.6 Å². The highest BCUT2D eigenvalue weighted by Crippen LogP contribution is 2.37. The minimum absolute atomic E-state index is 0.161. The number of carbonyl (C=O) groups excluding carboxylic acids is 1. The fourth-order valence-corrected chi connectivity index (χ4v) is 5.47. The van der Waals surface area contributed by atoms with Gasteiger partial charge in [-0.1, -0.05) is 42.5 Å². The Morgan fingerprint density at radius 3 is 2.72 bits per heavy atom. The van der Waals surface area contributed by atoms with Gasteiger partial charge >= 0.3 is 0 Å². The second kappa shape index (κ2) is 8.83. The molecule has 146 valence electrons. The predicted molar refractivity (Wildman–Crippen MR) is 119 cm³/mol. The molecule has 1 aliphatic rings. The molecular weight excluding hydrogens is 398 g/mol. The number of nitrogens with one attached hydrogen (secondary N) is 1. The van der Waals surface area contributed by atoms with Crippen LogP contribution in [0.3, 0.4) is 0 Å². The lowest BCUT2D eigenvalue weighted by atomic mass is 10.0. The van der Waals surface area contributed by atoms with Crippen LogP contribution in [0.2, 0.25) is 0 Å². The standard InChI is InChI=1S/C23H21N3OS2/c1-28-20-10-6-5-9-18(20)22(27)25-23-19(13-24)17-11-12-26(15-21(17)29-23)14-16-7-3-2-4-8-16/h2-10H,11-12,14-15H2,1H3,(H,25,27). The first kappa shape index (κ1) is 19.7. The van der Waals surface area contributed by atoms with Gasteiger partial charge in [0.25, 0.3) is 5.91 Å². The molecule has 0 atom stereocenters. The van der Waals surface area contributed by atoms with Gasteiger partial charge in [-0.05, 0) is 35.9 Å². The largest absolute Gasteiger partial charge is 0.312 e. The molecule has 0 aliphatic carbocycles. The number of hydrogen-bond acceptors (Lipinski definition) is 5. The molecule has 2 heterocycles. The Labute approximate surface area is 179 Å². The Morgan fingerprint density at radius 1 is 1.21 bits per heavy atom. The zero-order valence-corrected chi connectivity index (χ0v) is 17.8. The van der Waals surface area contributed by atoms with Crippen LogP contribution >= 0.6 is 23.1 Å². The van der Waals surface area contributed by atoms with E-state index < -0.39 is 0 Å². The summed E-state index contributed by atoms with van der Waals surface area (Å²) in [7, 11) is 0. The van der Waals surface area contributed by atoms with Gasteiger partial charge in [-0.25, -0.2) is 0 Å². The first-order valence-corrected chi connectivity index (χ1v) is 11.5. The molecule has 1 aromatic heterocycles. The molecule has 0 saturated carbocycles. The van der Waals surface area contributed by atoms with Gasteiger partial charge < -0.3 is 5.32 Å². The number of nitriles is 1. The summed E-state index contributed by atoms with van der Waals surface area (Å²) in [5, 5.41) is 13.4. The van der Waals surface area contributed by atoms with E-state index in [2.05, 4.69) is 40.6 Å². The zero-order valence-electron chi connectivity index (χ0n) is 16.1. The second-order valence-corrected chi connectivity index (χ2v) is 8.87. The number of nitrogens with zero attached hydrogens (tertiary/aromatic N) is 2. The lowest BCUT2D eigenvalue weighted by Crippen LogP contribution is -2.29. The monoisotopic (exact) mass is 419 g/mol. The van der Waals surface area contributed by atoms with E-state index in [0.29, 0.717) is 16.1 Å². The fraction of sp³-hybridized carbons (Fsp3) is 0.217. The van der Waals surface area contributed by atoms with Gasteiger partial charge in [-0.3, -0.25) is 9.69 Å². The molecule has 0 fully saturated rings. The lowest BCUT2D eigenvalue weighted by Gasteiger charge is -2.26. The Kier molecular flexibility index (Phi) is 6.00. The number of thioether (sulfide) groups is 1. The molecule has 0 spiro atoms. The van der Waals surface area contributed by atoms with Crippen LogP contribution in [0.5, 0.6) is 0 Å². The van der Waals surface area contributed by atoms with Gasteiger partial charge in [0.15, 0.2) is 0 Å². The van der Waals surface area contributed by atoms with E-state index in [0.717, 1.165) is 36.5 Å². The smallest absolute Gasteiger partial charge is 0.257 e. The normalized spacial score (nSPS) is 13.5. The van der Waals surface area contributed by atoms with E-state index in [1.165, 1.54) is 21.8 Å². The summed E-state index contributed by atoms with van der Waals surface area (Å²) >= 11 is 3.08. The molecule has 0 radical (unpaired) electrons. The van der Waals surface area contributed by atoms with Crippen molar-refractivity contribution in [2.45, 2.75) is 24.4 Å². The van der Waals surface area contributed by atoms with Crippen molar-refractivity contribution in [3.8, 4) is 6.07 Å². The highest BCUT2D eigenvalue weighted by molar-refractivity contribution is 7.98. The molecule has 4 rings (SSSR count). The van der Waals surface area contributed by atoms with Gasteiger partial charge in [-0.2, -0.15) is 5.26 Å². The van der Waals surface area contributed by atoms with Gasteiger partial charge in [0.1, 0.15) is 11.1 Å². The fourth-order valence-electron chi connectivity index (χ4n) is 3.64. The first-order valence-electron chi connectivity index (χ1n) is 9.45. The number of hydrogen-bond donors (Lipinski definition) is 1. The van der Waals surface area contributed by atoms with Gasteiger partial charge in [0, 0.05) is 29.4 Å². The molecule has 0 saturated heterocycles. The average molecular weight is 420 g/mol. The summed E-state index contributed by atoms with van der Waals surface area (Å²) in [5.41, 5.74) is 3.64. The van der Waals surface area contributed by atoms with Gasteiger partial charge in [0.2, 0.25) is 0 Å². The Bertz CT molecular complexity index is 1070. The molecule has 29 heavy (non-hydrogen) atoms. The van der Waals surface area contributed by atoms with Crippen molar-refractivity contribution < 1.29 is 4.79 Å². The van der Waals surface area contributed by atoms with Crippen LogP contribution in [-0.2, 0) is 19.5 Å². The number of benzene rings is 2. The van der Waals surface area contributed by atoms with Crippen LogP contribution in [0.25, 0.3) is 0 Å². The van der Waals surface area contributed by atoms with Crippen LogP contribution in [-0.4, -0.2) is 23.6 Å². The Balaban J connectivity index is 1.55. The van der Waals surface area contributed by atoms with Crippen LogP contribution in [0, 0.1) is 11.3 Å². The zero-order chi connectivity index (χ0) is 20.2. The van der Waals surface area contributed by atoms with E-state index in [-0.39, 0.29) is 5.91 Å². The summed E-state index contributed by atoms with van der Waals surface area (Å²) in [5.74, 6) is -0.161. The molecule has 4 nitrogen and oxygen atoms in total. The minimum Gasteiger partial charge on any atom is -0.312 e. The molecule has 1 aliphatic heterocycles. The minimum atomic E-state index is -0.161. The summed E-state index contributed by atoms with van der Waals surface area (Å²) in [6, 6.07) is 20.3. The molecule has 0 unspecified atom stereocenters. The number of rotatable bonds is 5. The molecule has 3 aromatic rings. The van der Waals surface area contributed by atoms with Crippen molar-refractivity contribution in [3.05, 3.63) is 81.7 Å². The number of amides is 1. The van der Waals surface area contributed by atoms with E-state index in [9.17, 15) is 10.1 Å². The number of thiophene rings is 1. The molecule has 0 bridgehead atoms. The van der Waals surface area contributed by atoms with E-state index in [1.54, 1.807) is 11.8 Å². The van der Waals surface area contributed by atoms with Crippen molar-refractivity contribution >= 4 is 34.0 Å². The molecular formula is C23H21N3OS2. The van der Waals surface area contributed by atoms with Gasteiger partial charge in [0.05, 0.1) is 11.1 Å². The predicted octanol–water partition coefficient (Wildman–Crippen LogP) is 5.15. The van der Waals surface area contributed by atoms with E-state index >= 15 is 0 Å². The topological polar surface area (TPSA) is 56.1 Å². The SMILES string of the molecule is CSc1ccccc1C(=O)Nc1sc2c(c1C#N)CCN(Cc1ccccc1)C2. The van der Waals surface area contributed by atoms with E-state index in [4.69, 9.17) is 0 Å². The molecule has 2 aromatic carbocycles. The third kappa shape index (κ3) is 4.23. The number of anilines is 1. The Hall–Kier alpha value is -2.59. The van der Waals surface area contributed by atoms with Crippen LogP contribution in [0.15, 0.2) is 59.5 Å². The van der Waals surface area contributed by atoms with Crippen molar-refractivity contribution in [2.24, 2.45) is 0 Å². The maximum atomic E-state index is 12.8. The van der Waals surface area contributed by atoms with Crippen molar-refractivity contribution in [1.82, 2.24) is 4.90 Å². The third-order valence-electron chi connectivity index (χ3n) is 5.08. The quantitative estimate of drug-likeness (QED) is 0.581. The molecule has 1 N–H and O–H groups in total. The first-order chi connectivity index (χ1) is 14.2. The molecule has 1 amide bonds. The van der Waals surface area contributed by atoms with Crippen molar-refractivity contribution in [1.29, 1.82) is 5.26 Å². The summed E-state index contributed by atoms with van der Waals surface area (Å²) in [4.78, 5) is 17.3. The third-order valence-corrected chi connectivity index (χ3v) is 7.00. The van der Waals surface area contributed by atoms with Crippen molar-refractivity contribution in [2.75, 3.05) is 18.1 Å². The van der Waals surface area contributed by atoms with Crippen molar-refractivity contribution in [3.63, 3.8) is 0 Å². The van der Waals surface area contributed by atoms with Crippen LogP contribution < -0.4 is 5.32 Å². The Morgan fingerprint density at radius 2 is 1.97 bits per heavy atom. The number of carbonyl (C=O) groups is 1. The van der Waals surface area contributed by atoms with Crippen LogP contribution in [0.4, 0.5) is 5.00 Å². The van der Waals surface area contributed by atoms with Gasteiger partial charge in [-0.15, -0.1) is 23.1 Å². The number of fused-ring (bicyclic) bond motifs is 1. The maximum Gasteiger partial charge on any atom is 0.257 e. The highest BCUT2D eigenvalue weighted by atomic mass is 32.2. The van der Waals surface area contributed by atoms with Crippen LogP contribution in [0.1, 0.15) is 31.9 Å². The average Bonchev–Trinajstić information content (AvgIpc) is 3.10.